The summed E-state index contributed by atoms with van der Waals surface area (Å²) >= 11 is 3.95. The van der Waals surface area contributed by atoms with Crippen molar-refractivity contribution in [2.75, 3.05) is 0 Å². The van der Waals surface area contributed by atoms with Gasteiger partial charge in [0.25, 0.3) is 0 Å². The summed E-state index contributed by atoms with van der Waals surface area (Å²) in [5.41, 5.74) is 1.19. The van der Waals surface area contributed by atoms with Crippen LogP contribution in [0.25, 0.3) is 6.08 Å². The third kappa shape index (κ3) is 1.94. The Morgan fingerprint density at radius 3 is 2.33 bits per heavy atom. The van der Waals surface area contributed by atoms with Gasteiger partial charge < -0.3 is 0 Å². The Morgan fingerprint density at radius 2 is 1.78 bits per heavy atom. The molecule has 1 aromatic carbocycles. The van der Waals surface area contributed by atoms with Crippen molar-refractivity contribution < 1.29 is 0 Å². The first kappa shape index (κ1) is 6.43. The SMILES string of the molecule is SC=Cc1ccccc1. The van der Waals surface area contributed by atoms with E-state index in [1.165, 1.54) is 5.56 Å². The van der Waals surface area contributed by atoms with E-state index in [2.05, 4.69) is 12.6 Å². The van der Waals surface area contributed by atoms with Gasteiger partial charge in [0.15, 0.2) is 0 Å². The Bertz CT molecular complexity index is 189. The minimum absolute atomic E-state index is 1.19. The molecule has 0 saturated carbocycles. The molecule has 1 aromatic rings. The lowest BCUT2D eigenvalue weighted by Crippen LogP contribution is -1.64. The second-order valence-corrected chi connectivity index (χ2v) is 2.02. The summed E-state index contributed by atoms with van der Waals surface area (Å²) in [6.07, 6.45) is 1.95. The standard InChI is InChI=1S/C8H8S/c9-7-6-8-4-2-1-3-5-8/h1-7,9H. The molecule has 0 radical (unpaired) electrons. The van der Waals surface area contributed by atoms with Crippen LogP contribution in [0.3, 0.4) is 0 Å². The molecule has 0 heterocycles. The molecule has 9 heavy (non-hydrogen) atoms. The molecule has 0 bridgehead atoms. The maximum Gasteiger partial charge on any atom is -0.0252 e. The van der Waals surface area contributed by atoms with Gasteiger partial charge in [-0.15, -0.1) is 0 Å². The zero-order valence-corrected chi connectivity index (χ0v) is 5.88. The molecule has 0 fully saturated rings. The van der Waals surface area contributed by atoms with Gasteiger partial charge in [0.05, 0.1) is 0 Å². The van der Waals surface area contributed by atoms with Crippen molar-refractivity contribution in [3.05, 3.63) is 41.3 Å². The molecular weight excluding hydrogens is 128 g/mol. The normalized spacial score (nSPS) is 10.3. The van der Waals surface area contributed by atoms with Gasteiger partial charge in [-0.3, -0.25) is 0 Å². The minimum atomic E-state index is 1.19. The Balaban J connectivity index is 2.85. The van der Waals surface area contributed by atoms with E-state index in [-0.39, 0.29) is 0 Å². The van der Waals surface area contributed by atoms with Gasteiger partial charge in [0, 0.05) is 0 Å². The van der Waals surface area contributed by atoms with Gasteiger partial charge in [-0.2, -0.15) is 12.6 Å². The first-order chi connectivity index (χ1) is 4.43. The maximum absolute atomic E-state index is 3.95. The second-order valence-electron chi connectivity index (χ2n) is 1.73. The molecular formula is C8H8S. The van der Waals surface area contributed by atoms with Gasteiger partial charge in [-0.1, -0.05) is 30.3 Å². The van der Waals surface area contributed by atoms with E-state index in [1.54, 1.807) is 5.41 Å². The lowest BCUT2D eigenvalue weighted by Gasteiger charge is -1.86. The van der Waals surface area contributed by atoms with Crippen LogP contribution in [-0.4, -0.2) is 0 Å². The molecule has 0 aliphatic carbocycles. The van der Waals surface area contributed by atoms with Crippen molar-refractivity contribution in [2.24, 2.45) is 0 Å². The Labute approximate surface area is 60.6 Å². The van der Waals surface area contributed by atoms with Gasteiger partial charge in [-0.05, 0) is 17.0 Å². The quantitative estimate of drug-likeness (QED) is 0.564. The molecule has 0 amide bonds. The summed E-state index contributed by atoms with van der Waals surface area (Å²) in [7, 11) is 0. The molecule has 46 valence electrons. The molecule has 0 spiro atoms. The number of rotatable bonds is 1. The molecule has 0 saturated heterocycles. The Hall–Kier alpha value is -0.690. The lowest BCUT2D eigenvalue weighted by molar-refractivity contribution is 1.67. The van der Waals surface area contributed by atoms with Crippen LogP contribution >= 0.6 is 12.6 Å². The lowest BCUT2D eigenvalue weighted by atomic mass is 10.2. The van der Waals surface area contributed by atoms with Crippen LogP contribution < -0.4 is 0 Å². The first-order valence-electron chi connectivity index (χ1n) is 2.79. The summed E-state index contributed by atoms with van der Waals surface area (Å²) in [6, 6.07) is 10.1. The van der Waals surface area contributed by atoms with Crippen LogP contribution in [-0.2, 0) is 0 Å². The molecule has 0 aliphatic rings. The highest BCUT2D eigenvalue weighted by Gasteiger charge is 1.77. The highest BCUT2D eigenvalue weighted by Crippen LogP contribution is 2.00. The van der Waals surface area contributed by atoms with Gasteiger partial charge in [0.2, 0.25) is 0 Å². The Morgan fingerprint density at radius 1 is 1.11 bits per heavy atom. The van der Waals surface area contributed by atoms with E-state index in [9.17, 15) is 0 Å². The zero-order valence-electron chi connectivity index (χ0n) is 4.99. The number of hydrogen-bond donors (Lipinski definition) is 1. The number of thiol groups is 1. The van der Waals surface area contributed by atoms with E-state index in [0.29, 0.717) is 0 Å². The van der Waals surface area contributed by atoms with Crippen molar-refractivity contribution in [1.82, 2.24) is 0 Å². The summed E-state index contributed by atoms with van der Waals surface area (Å²) < 4.78 is 0. The van der Waals surface area contributed by atoms with Crippen molar-refractivity contribution in [1.29, 1.82) is 0 Å². The number of benzene rings is 1. The highest BCUT2D eigenvalue weighted by molar-refractivity contribution is 7.83. The topological polar surface area (TPSA) is 0 Å². The van der Waals surface area contributed by atoms with Crippen LogP contribution in [0.5, 0.6) is 0 Å². The Kier molecular flexibility index (Phi) is 2.40. The smallest absolute Gasteiger partial charge is 0.0252 e. The van der Waals surface area contributed by atoms with E-state index in [0.717, 1.165) is 0 Å². The van der Waals surface area contributed by atoms with Crippen LogP contribution in [0.15, 0.2) is 35.7 Å². The molecule has 0 unspecified atom stereocenters. The molecule has 1 heteroatoms. The van der Waals surface area contributed by atoms with Crippen molar-refractivity contribution >= 4 is 18.7 Å². The minimum Gasteiger partial charge on any atom is -0.151 e. The number of hydrogen-bond acceptors (Lipinski definition) is 1. The average Bonchev–Trinajstić information content (AvgIpc) is 1.91. The van der Waals surface area contributed by atoms with E-state index < -0.39 is 0 Å². The summed E-state index contributed by atoms with van der Waals surface area (Å²) in [6.45, 7) is 0. The fraction of sp³-hybridized carbons (Fsp3) is 0. The average molecular weight is 136 g/mol. The first-order valence-corrected chi connectivity index (χ1v) is 3.31. The highest BCUT2D eigenvalue weighted by atomic mass is 32.1. The van der Waals surface area contributed by atoms with Crippen molar-refractivity contribution in [3.63, 3.8) is 0 Å². The van der Waals surface area contributed by atoms with Crippen LogP contribution in [0.4, 0.5) is 0 Å². The van der Waals surface area contributed by atoms with E-state index in [1.807, 2.05) is 36.4 Å². The van der Waals surface area contributed by atoms with Crippen molar-refractivity contribution in [2.45, 2.75) is 0 Å². The third-order valence-corrected chi connectivity index (χ3v) is 1.22. The monoisotopic (exact) mass is 136 g/mol. The molecule has 0 nitrogen and oxygen atoms in total. The van der Waals surface area contributed by atoms with Gasteiger partial charge >= 0.3 is 0 Å². The molecule has 0 atom stereocenters. The zero-order chi connectivity index (χ0) is 6.53. The van der Waals surface area contributed by atoms with Gasteiger partial charge in [-0.25, -0.2) is 0 Å². The predicted molar refractivity (Wildman–Crippen MR) is 44.5 cm³/mol. The summed E-state index contributed by atoms with van der Waals surface area (Å²) in [4.78, 5) is 0. The largest absolute Gasteiger partial charge is 0.151 e. The fourth-order valence-corrected chi connectivity index (χ4v) is 0.822. The molecule has 0 N–H and O–H groups in total. The fourth-order valence-electron chi connectivity index (χ4n) is 0.650. The summed E-state index contributed by atoms with van der Waals surface area (Å²) in [5.74, 6) is 0. The maximum atomic E-state index is 3.95. The van der Waals surface area contributed by atoms with Crippen LogP contribution in [0.1, 0.15) is 5.56 Å². The van der Waals surface area contributed by atoms with Gasteiger partial charge in [0.1, 0.15) is 0 Å². The third-order valence-electron chi connectivity index (χ3n) is 1.07. The molecule has 1 rings (SSSR count). The second kappa shape index (κ2) is 3.36. The van der Waals surface area contributed by atoms with E-state index in [4.69, 9.17) is 0 Å². The molecule has 0 aliphatic heterocycles. The van der Waals surface area contributed by atoms with Crippen LogP contribution in [0.2, 0.25) is 0 Å². The molecule has 0 aromatic heterocycles. The van der Waals surface area contributed by atoms with Crippen LogP contribution in [0, 0.1) is 0 Å². The van der Waals surface area contributed by atoms with E-state index >= 15 is 0 Å². The van der Waals surface area contributed by atoms with Crippen molar-refractivity contribution in [3.8, 4) is 0 Å². The summed E-state index contributed by atoms with van der Waals surface area (Å²) in [5, 5.41) is 1.73. The predicted octanol–water partition coefficient (Wildman–Crippen LogP) is 2.59.